The normalized spacial score (nSPS) is 36.8. The van der Waals surface area contributed by atoms with E-state index in [-0.39, 0.29) is 48.7 Å². The molecule has 4 unspecified atom stereocenters. The van der Waals surface area contributed by atoms with E-state index in [1.165, 1.54) is 7.11 Å². The highest BCUT2D eigenvalue weighted by molar-refractivity contribution is 6.34. The lowest BCUT2D eigenvalue weighted by atomic mass is 9.52. The summed E-state index contributed by atoms with van der Waals surface area (Å²) in [5.41, 5.74) is 4.01. The van der Waals surface area contributed by atoms with Crippen molar-refractivity contribution >= 4 is 40.6 Å². The van der Waals surface area contributed by atoms with Crippen molar-refractivity contribution in [3.63, 3.8) is 0 Å². The molecule has 3 N–H and O–H groups in total. The number of allylic oxidation sites excluding steroid dienone is 3. The minimum absolute atomic E-state index is 0.00101. The molecule has 39 heavy (non-hydrogen) atoms. The summed E-state index contributed by atoms with van der Waals surface area (Å²) in [7, 11) is 1.53. The Morgan fingerprint density at radius 2 is 1.82 bits per heavy atom. The van der Waals surface area contributed by atoms with E-state index in [0.717, 1.165) is 12.0 Å². The topological polar surface area (TPSA) is 175 Å². The number of ether oxygens (including phenoxy) is 1. The third-order valence-electron chi connectivity index (χ3n) is 9.53. The highest BCUT2D eigenvalue weighted by Gasteiger charge is 2.66. The van der Waals surface area contributed by atoms with E-state index in [1.54, 1.807) is 0 Å². The van der Waals surface area contributed by atoms with Crippen molar-refractivity contribution in [2.45, 2.75) is 75.9 Å². The summed E-state index contributed by atoms with van der Waals surface area (Å²) in [5.74, 6) is -10.3. The Bertz CT molecular complexity index is 1260. The maximum atomic E-state index is 13.6. The number of carbonyl (C=O) groups excluding carboxylic acids is 7. The average molecular weight is 540 g/mol. The van der Waals surface area contributed by atoms with Crippen LogP contribution in [0.4, 0.5) is 0 Å². The van der Waals surface area contributed by atoms with Gasteiger partial charge in [-0.3, -0.25) is 33.6 Å². The molecular weight excluding hydrogens is 506 g/mol. The molecule has 1 amide bonds. The number of Topliss-reactive ketones (excluding diaryl/α,β-unsaturated/α-hetero) is 6. The van der Waals surface area contributed by atoms with Gasteiger partial charge in [0.05, 0.1) is 11.5 Å². The van der Waals surface area contributed by atoms with E-state index in [1.807, 2.05) is 6.08 Å². The highest BCUT2D eigenvalue weighted by atomic mass is 16.5. The molecule has 2 fully saturated rings. The molecule has 5 rings (SSSR count). The number of aliphatic hydroxyl groups is 1. The molecule has 5 aliphatic rings. The Morgan fingerprint density at radius 1 is 1.08 bits per heavy atom. The van der Waals surface area contributed by atoms with Crippen LogP contribution in [0.3, 0.4) is 0 Å². The lowest BCUT2D eigenvalue weighted by molar-refractivity contribution is -0.177. The summed E-state index contributed by atoms with van der Waals surface area (Å²) in [5, 5.41) is 11.3. The van der Waals surface area contributed by atoms with Crippen LogP contribution >= 0.6 is 0 Å². The smallest absolute Gasteiger partial charge is 0.235 e. The van der Waals surface area contributed by atoms with Crippen molar-refractivity contribution in [2.75, 3.05) is 7.11 Å². The van der Waals surface area contributed by atoms with Crippen LogP contribution in [0.15, 0.2) is 22.8 Å². The van der Waals surface area contributed by atoms with Gasteiger partial charge in [0.15, 0.2) is 46.2 Å². The number of amides is 1. The van der Waals surface area contributed by atoms with Crippen molar-refractivity contribution in [1.82, 2.24) is 0 Å². The molecule has 10 heteroatoms. The van der Waals surface area contributed by atoms with E-state index in [9.17, 15) is 38.7 Å². The van der Waals surface area contributed by atoms with Gasteiger partial charge in [-0.2, -0.15) is 0 Å². The van der Waals surface area contributed by atoms with E-state index in [0.29, 0.717) is 37.7 Å². The Balaban J connectivity index is 1.38. The van der Waals surface area contributed by atoms with Crippen molar-refractivity contribution in [2.24, 2.45) is 35.3 Å². The van der Waals surface area contributed by atoms with Gasteiger partial charge in [-0.15, -0.1) is 0 Å². The van der Waals surface area contributed by atoms with Gasteiger partial charge in [-0.05, 0) is 68.8 Å². The molecule has 0 aromatic carbocycles. The lowest BCUT2D eigenvalue weighted by Crippen LogP contribution is -2.68. The van der Waals surface area contributed by atoms with Gasteiger partial charge in [0.25, 0.3) is 0 Å². The summed E-state index contributed by atoms with van der Waals surface area (Å²) in [6, 6.07) is 0. The van der Waals surface area contributed by atoms with E-state index < -0.39 is 64.4 Å². The second-order valence-electron chi connectivity index (χ2n) is 11.6. The Kier molecular flexibility index (Phi) is 7.13. The maximum Gasteiger partial charge on any atom is 0.235 e. The zero-order valence-electron chi connectivity index (χ0n) is 21.9. The van der Waals surface area contributed by atoms with Crippen molar-refractivity contribution in [1.29, 1.82) is 0 Å². The van der Waals surface area contributed by atoms with Crippen LogP contribution in [0, 0.1) is 29.6 Å². The molecule has 5 aliphatic carbocycles. The first-order valence-electron chi connectivity index (χ1n) is 13.7. The first-order chi connectivity index (χ1) is 18.5. The SMILES string of the molecule is COC1CCC=C(CCCC2CCC(=O)C3=C2C[C@H]2C[C@H]4CC(=O)C(C(N)=O)C(=O)[C@@]4(O)C(=O)C2C3=O)C1=O. The van der Waals surface area contributed by atoms with E-state index >= 15 is 0 Å². The van der Waals surface area contributed by atoms with E-state index in [4.69, 9.17) is 10.5 Å². The van der Waals surface area contributed by atoms with Gasteiger partial charge in [0.1, 0.15) is 6.10 Å². The van der Waals surface area contributed by atoms with Gasteiger partial charge >= 0.3 is 0 Å². The van der Waals surface area contributed by atoms with Crippen LogP contribution in [0.2, 0.25) is 0 Å². The number of nitrogens with two attached hydrogens (primary N) is 1. The number of hydrogen-bond donors (Lipinski definition) is 2. The van der Waals surface area contributed by atoms with Crippen molar-refractivity contribution < 1.29 is 43.4 Å². The molecule has 208 valence electrons. The third kappa shape index (κ3) is 4.28. The largest absolute Gasteiger partial charge is 0.374 e. The van der Waals surface area contributed by atoms with Crippen LogP contribution in [-0.4, -0.2) is 64.5 Å². The molecule has 0 saturated heterocycles. The number of primary amides is 1. The van der Waals surface area contributed by atoms with Crippen LogP contribution in [0.5, 0.6) is 0 Å². The summed E-state index contributed by atoms with van der Waals surface area (Å²) in [6.45, 7) is 0. The second kappa shape index (κ2) is 10.1. The second-order valence-corrected chi connectivity index (χ2v) is 11.6. The van der Waals surface area contributed by atoms with Crippen molar-refractivity contribution in [3.05, 3.63) is 22.8 Å². The predicted molar refractivity (Wildman–Crippen MR) is 134 cm³/mol. The van der Waals surface area contributed by atoms with Gasteiger partial charge in [-0.25, -0.2) is 0 Å². The van der Waals surface area contributed by atoms with E-state index in [2.05, 4.69) is 0 Å². The summed E-state index contributed by atoms with van der Waals surface area (Å²) < 4.78 is 5.28. The Hall–Kier alpha value is -3.11. The zero-order chi connectivity index (χ0) is 28.2. The fraction of sp³-hybridized carbons (Fsp3) is 0.621. The van der Waals surface area contributed by atoms with Gasteiger partial charge in [0.2, 0.25) is 5.91 Å². The first-order valence-corrected chi connectivity index (χ1v) is 13.7. The molecule has 0 aromatic rings. The predicted octanol–water partition coefficient (Wildman–Crippen LogP) is 0.905. The Morgan fingerprint density at radius 3 is 2.51 bits per heavy atom. The molecule has 0 spiro atoms. The molecule has 2 saturated carbocycles. The number of hydrogen-bond acceptors (Lipinski definition) is 9. The Labute approximate surface area is 225 Å². The quantitative estimate of drug-likeness (QED) is 0.367. The fourth-order valence-corrected chi connectivity index (χ4v) is 7.57. The molecule has 0 bridgehead atoms. The minimum atomic E-state index is -2.65. The van der Waals surface area contributed by atoms with Gasteiger partial charge in [-0.1, -0.05) is 11.6 Å². The maximum absolute atomic E-state index is 13.6. The zero-order valence-corrected chi connectivity index (χ0v) is 21.9. The van der Waals surface area contributed by atoms with Crippen molar-refractivity contribution in [3.8, 4) is 0 Å². The number of methoxy groups -OCH3 is 1. The molecule has 0 radical (unpaired) electrons. The number of ketones is 6. The summed E-state index contributed by atoms with van der Waals surface area (Å²) in [4.78, 5) is 90.0. The van der Waals surface area contributed by atoms with Gasteiger partial charge < -0.3 is 15.6 Å². The molecule has 0 heterocycles. The van der Waals surface area contributed by atoms with Crippen LogP contribution in [-0.2, 0) is 38.3 Å². The fourth-order valence-electron chi connectivity index (χ4n) is 7.57. The number of carbonyl (C=O) groups is 7. The summed E-state index contributed by atoms with van der Waals surface area (Å²) in [6.07, 6.45) is 5.61. The first kappa shape index (κ1) is 27.5. The third-order valence-corrected chi connectivity index (χ3v) is 9.53. The standard InChI is InChI=1S/C29H33NO9/c1-39-20-7-3-6-14(24(20)33)5-2-4-13-8-9-18(31)22-17(13)11-15-10-16-12-19(32)23(28(30)37)27(36)29(16,38)26(35)21(15)25(22)34/h6,13,15-16,20-21,23,38H,2-5,7-12H2,1H3,(H2,30,37)/t13?,15-,16+,20?,21?,23?,29+/m1/s1. The average Bonchev–Trinajstić information content (AvgIpc) is 2.88. The molecular formula is C29H33NO9. The molecule has 0 aromatic heterocycles. The number of fused-ring (bicyclic) bond motifs is 2. The van der Waals surface area contributed by atoms with Gasteiger partial charge in [0, 0.05) is 25.9 Å². The van der Waals surface area contributed by atoms with Crippen LogP contribution < -0.4 is 5.73 Å². The van der Waals surface area contributed by atoms with Crippen LogP contribution in [0.1, 0.15) is 64.2 Å². The number of rotatable bonds is 6. The minimum Gasteiger partial charge on any atom is -0.374 e. The summed E-state index contributed by atoms with van der Waals surface area (Å²) >= 11 is 0. The highest BCUT2D eigenvalue weighted by Crippen LogP contribution is 2.52. The lowest BCUT2D eigenvalue weighted by Gasteiger charge is -2.49. The molecule has 7 atom stereocenters. The monoisotopic (exact) mass is 539 g/mol. The molecule has 10 nitrogen and oxygen atoms in total. The van der Waals surface area contributed by atoms with Crippen LogP contribution in [0.25, 0.3) is 0 Å². The molecule has 0 aliphatic heterocycles.